The van der Waals surface area contributed by atoms with Gasteiger partial charge < -0.3 is 10.5 Å². The molecular weight excluding hydrogens is 284 g/mol. The minimum absolute atomic E-state index is 0.433. The lowest BCUT2D eigenvalue weighted by Crippen LogP contribution is -2.10. The van der Waals surface area contributed by atoms with Crippen LogP contribution in [0.15, 0.2) is 24.3 Å². The summed E-state index contributed by atoms with van der Waals surface area (Å²) in [6, 6.07) is 7.77. The van der Waals surface area contributed by atoms with Crippen molar-refractivity contribution in [2.45, 2.75) is 39.2 Å². The standard InChI is InChI=1S/C17H19ClN2O/c1-11-8-14(6-7-15(11)18)21-17-13(10-19)9-12-4-2-3-5-16(12)20-17/h6-9H,2-5,10,19H2,1H3. The van der Waals surface area contributed by atoms with Crippen molar-refractivity contribution in [2.75, 3.05) is 0 Å². The molecule has 110 valence electrons. The summed E-state index contributed by atoms with van der Waals surface area (Å²) in [4.78, 5) is 4.70. The number of halogens is 1. The third-order valence-corrected chi connectivity index (χ3v) is 4.33. The molecule has 1 aliphatic carbocycles. The molecule has 3 rings (SSSR count). The molecule has 0 saturated carbocycles. The lowest BCUT2D eigenvalue weighted by Gasteiger charge is -2.18. The van der Waals surface area contributed by atoms with Crippen LogP contribution in [0.4, 0.5) is 0 Å². The summed E-state index contributed by atoms with van der Waals surface area (Å²) in [5.74, 6) is 1.37. The van der Waals surface area contributed by atoms with Crippen LogP contribution in [0.1, 0.15) is 35.2 Å². The van der Waals surface area contributed by atoms with Crippen LogP contribution >= 0.6 is 11.6 Å². The molecule has 0 amide bonds. The maximum absolute atomic E-state index is 6.05. The molecule has 0 spiro atoms. The zero-order valence-electron chi connectivity index (χ0n) is 12.2. The first-order chi connectivity index (χ1) is 10.2. The van der Waals surface area contributed by atoms with Gasteiger partial charge in [0.1, 0.15) is 5.75 Å². The molecular formula is C17H19ClN2O. The van der Waals surface area contributed by atoms with Crippen molar-refractivity contribution < 1.29 is 4.74 Å². The lowest BCUT2D eigenvalue weighted by atomic mass is 9.95. The minimum atomic E-state index is 0.433. The average Bonchev–Trinajstić information content (AvgIpc) is 2.50. The predicted octanol–water partition coefficient (Wildman–Crippen LogP) is 4.17. The van der Waals surface area contributed by atoms with Crippen LogP contribution in [0.3, 0.4) is 0 Å². The predicted molar refractivity (Wildman–Crippen MR) is 85.0 cm³/mol. The summed E-state index contributed by atoms with van der Waals surface area (Å²) < 4.78 is 5.95. The Hall–Kier alpha value is -1.58. The smallest absolute Gasteiger partial charge is 0.223 e. The zero-order valence-corrected chi connectivity index (χ0v) is 12.9. The van der Waals surface area contributed by atoms with Crippen molar-refractivity contribution in [3.8, 4) is 11.6 Å². The zero-order chi connectivity index (χ0) is 14.8. The number of nitrogens with two attached hydrogens (primary N) is 1. The van der Waals surface area contributed by atoms with Gasteiger partial charge in [0, 0.05) is 22.8 Å². The van der Waals surface area contributed by atoms with Gasteiger partial charge in [0.25, 0.3) is 0 Å². The molecule has 0 saturated heterocycles. The number of hydrogen-bond acceptors (Lipinski definition) is 3. The van der Waals surface area contributed by atoms with Crippen LogP contribution in [0.5, 0.6) is 11.6 Å². The van der Waals surface area contributed by atoms with Crippen LogP contribution in [-0.2, 0) is 19.4 Å². The number of ether oxygens (including phenoxy) is 1. The van der Waals surface area contributed by atoms with Gasteiger partial charge in [-0.25, -0.2) is 4.98 Å². The van der Waals surface area contributed by atoms with E-state index in [0.29, 0.717) is 12.4 Å². The van der Waals surface area contributed by atoms with Crippen molar-refractivity contribution in [2.24, 2.45) is 5.73 Å². The third kappa shape index (κ3) is 3.04. The average molecular weight is 303 g/mol. The van der Waals surface area contributed by atoms with E-state index in [1.54, 1.807) is 0 Å². The molecule has 3 nitrogen and oxygen atoms in total. The second kappa shape index (κ2) is 6.04. The molecule has 0 atom stereocenters. The van der Waals surface area contributed by atoms with Crippen molar-refractivity contribution in [1.82, 2.24) is 4.98 Å². The quantitative estimate of drug-likeness (QED) is 0.925. The first-order valence-electron chi connectivity index (χ1n) is 7.33. The van der Waals surface area contributed by atoms with Gasteiger partial charge in [-0.3, -0.25) is 0 Å². The number of nitrogens with zero attached hydrogens (tertiary/aromatic N) is 1. The second-order valence-electron chi connectivity index (χ2n) is 5.48. The molecule has 1 aliphatic rings. The highest BCUT2D eigenvalue weighted by atomic mass is 35.5. The fourth-order valence-corrected chi connectivity index (χ4v) is 2.81. The molecule has 0 aliphatic heterocycles. The van der Waals surface area contributed by atoms with Crippen LogP contribution in [0.25, 0.3) is 0 Å². The Kier molecular flexibility index (Phi) is 4.13. The van der Waals surface area contributed by atoms with E-state index in [2.05, 4.69) is 6.07 Å². The van der Waals surface area contributed by atoms with Crippen molar-refractivity contribution >= 4 is 11.6 Å². The Morgan fingerprint density at radius 1 is 1.24 bits per heavy atom. The van der Waals surface area contributed by atoms with Crippen LogP contribution in [0, 0.1) is 6.92 Å². The fourth-order valence-electron chi connectivity index (χ4n) is 2.69. The molecule has 4 heteroatoms. The summed E-state index contributed by atoms with van der Waals surface area (Å²) in [6.07, 6.45) is 4.54. The summed E-state index contributed by atoms with van der Waals surface area (Å²) in [6.45, 7) is 2.39. The van der Waals surface area contributed by atoms with Crippen LogP contribution in [-0.4, -0.2) is 4.98 Å². The Labute approximate surface area is 130 Å². The summed E-state index contributed by atoms with van der Waals surface area (Å²) >= 11 is 6.05. The molecule has 21 heavy (non-hydrogen) atoms. The highest BCUT2D eigenvalue weighted by molar-refractivity contribution is 6.31. The number of rotatable bonds is 3. The lowest BCUT2D eigenvalue weighted by molar-refractivity contribution is 0.451. The fraction of sp³-hybridized carbons (Fsp3) is 0.353. The number of hydrogen-bond donors (Lipinski definition) is 1. The summed E-state index contributed by atoms with van der Waals surface area (Å²) in [5.41, 5.74) is 10.3. The van der Waals surface area contributed by atoms with E-state index >= 15 is 0 Å². The first kappa shape index (κ1) is 14.4. The molecule has 0 unspecified atom stereocenters. The normalized spacial score (nSPS) is 13.9. The van der Waals surface area contributed by atoms with Crippen LogP contribution in [0.2, 0.25) is 5.02 Å². The van der Waals surface area contributed by atoms with Gasteiger partial charge >= 0.3 is 0 Å². The van der Waals surface area contributed by atoms with E-state index in [-0.39, 0.29) is 0 Å². The van der Waals surface area contributed by atoms with Gasteiger partial charge in [0.15, 0.2) is 0 Å². The van der Waals surface area contributed by atoms with Gasteiger partial charge in [-0.05, 0) is 68.0 Å². The number of fused-ring (bicyclic) bond motifs is 1. The summed E-state index contributed by atoms with van der Waals surface area (Å²) in [5, 5.41) is 0.736. The molecule has 2 aromatic rings. The Bertz CT molecular complexity index is 670. The number of pyridine rings is 1. The van der Waals surface area contributed by atoms with Crippen LogP contribution < -0.4 is 10.5 Å². The second-order valence-corrected chi connectivity index (χ2v) is 5.89. The van der Waals surface area contributed by atoms with E-state index in [1.165, 1.54) is 18.4 Å². The molecule has 2 N–H and O–H groups in total. The molecule has 1 aromatic carbocycles. The van der Waals surface area contributed by atoms with Gasteiger partial charge in [0.05, 0.1) is 0 Å². The van der Waals surface area contributed by atoms with Gasteiger partial charge in [-0.2, -0.15) is 0 Å². The summed E-state index contributed by atoms with van der Waals surface area (Å²) in [7, 11) is 0. The van der Waals surface area contributed by atoms with E-state index in [9.17, 15) is 0 Å². The Balaban J connectivity index is 1.95. The highest BCUT2D eigenvalue weighted by Crippen LogP contribution is 2.30. The van der Waals surface area contributed by atoms with E-state index in [0.717, 1.165) is 40.4 Å². The van der Waals surface area contributed by atoms with Gasteiger partial charge in [-0.1, -0.05) is 11.6 Å². The molecule has 0 radical (unpaired) electrons. The van der Waals surface area contributed by atoms with Crippen molar-refractivity contribution in [3.63, 3.8) is 0 Å². The van der Waals surface area contributed by atoms with E-state index in [1.807, 2.05) is 25.1 Å². The SMILES string of the molecule is Cc1cc(Oc2nc3c(cc2CN)CCCC3)ccc1Cl. The Morgan fingerprint density at radius 3 is 2.81 bits per heavy atom. The monoisotopic (exact) mass is 302 g/mol. The third-order valence-electron chi connectivity index (χ3n) is 3.90. The number of aryl methyl sites for hydroxylation is 3. The molecule has 1 aromatic heterocycles. The van der Waals surface area contributed by atoms with E-state index < -0.39 is 0 Å². The molecule has 0 fully saturated rings. The molecule has 1 heterocycles. The highest BCUT2D eigenvalue weighted by Gasteiger charge is 2.16. The first-order valence-corrected chi connectivity index (χ1v) is 7.71. The maximum atomic E-state index is 6.05. The molecule has 0 bridgehead atoms. The number of aromatic nitrogens is 1. The minimum Gasteiger partial charge on any atom is -0.439 e. The van der Waals surface area contributed by atoms with Crippen molar-refractivity contribution in [3.05, 3.63) is 51.7 Å². The van der Waals surface area contributed by atoms with E-state index in [4.69, 9.17) is 27.1 Å². The van der Waals surface area contributed by atoms with Crippen molar-refractivity contribution in [1.29, 1.82) is 0 Å². The maximum Gasteiger partial charge on any atom is 0.223 e. The largest absolute Gasteiger partial charge is 0.439 e. The topological polar surface area (TPSA) is 48.1 Å². The Morgan fingerprint density at radius 2 is 2.05 bits per heavy atom. The van der Waals surface area contributed by atoms with Gasteiger partial charge in [0.2, 0.25) is 5.88 Å². The van der Waals surface area contributed by atoms with Gasteiger partial charge in [-0.15, -0.1) is 0 Å². The number of benzene rings is 1.